The smallest absolute Gasteiger partial charge is 0.414 e. The quantitative estimate of drug-likeness (QED) is 0.204. The molecule has 2 aromatic rings. The van der Waals surface area contributed by atoms with Crippen molar-refractivity contribution in [2.45, 2.75) is 16.7 Å². The van der Waals surface area contributed by atoms with Crippen molar-refractivity contribution in [2.24, 2.45) is 10.3 Å². The summed E-state index contributed by atoms with van der Waals surface area (Å²) in [7, 11) is -7.64. The molecule has 0 saturated carbocycles. The van der Waals surface area contributed by atoms with Gasteiger partial charge in [0.15, 0.2) is 0 Å². The third kappa shape index (κ3) is 11.6. The lowest BCUT2D eigenvalue weighted by atomic mass is 10.3. The Bertz CT molecular complexity index is 1240. The van der Waals surface area contributed by atoms with Crippen molar-refractivity contribution in [3.8, 4) is 0 Å². The molecule has 0 fully saturated rings. The normalized spacial score (nSPS) is 11.1. The molecule has 8 N–H and O–H groups in total. The summed E-state index contributed by atoms with van der Waals surface area (Å²) in [6, 6.07) is 10.7. The number of likely N-dealkylation sites (N-methyl/N-ethyl adjacent to an activating group) is 1. The number of nitrogens with zero attached hydrogens (tertiary/aromatic N) is 1. The average molecular weight is 560 g/mol. The molecule has 0 bridgehead atoms. The second kappa shape index (κ2) is 13.4. The van der Waals surface area contributed by atoms with E-state index in [1.165, 1.54) is 48.5 Å². The molecule has 0 aliphatic carbocycles. The number of anilines is 2. The van der Waals surface area contributed by atoms with Crippen molar-refractivity contribution in [3.63, 3.8) is 0 Å². The minimum atomic E-state index is -3.82. The number of carboxylic acids is 2. The summed E-state index contributed by atoms with van der Waals surface area (Å²) in [5, 5.41) is 30.1. The lowest BCUT2D eigenvalue weighted by molar-refractivity contribution is -0.159. The molecular weight excluding hydrogens is 534 g/mol. The first-order valence-electron chi connectivity index (χ1n) is 10.1. The van der Waals surface area contributed by atoms with Gasteiger partial charge in [-0.2, -0.15) is 0 Å². The first-order chi connectivity index (χ1) is 17.0. The van der Waals surface area contributed by atoms with E-state index >= 15 is 0 Å². The number of nitrogens with two attached hydrogens (primary N) is 2. The van der Waals surface area contributed by atoms with Crippen LogP contribution in [-0.2, 0) is 39.2 Å². The van der Waals surface area contributed by atoms with E-state index in [-0.39, 0.29) is 22.9 Å². The maximum Gasteiger partial charge on any atom is 0.414 e. The molecule has 0 atom stereocenters. The van der Waals surface area contributed by atoms with Gasteiger partial charge < -0.3 is 20.8 Å². The topological polar surface area (TPSA) is 256 Å². The van der Waals surface area contributed by atoms with Gasteiger partial charge in [-0.05, 0) is 55.1 Å². The molecule has 0 saturated heterocycles. The number of benzene rings is 2. The van der Waals surface area contributed by atoms with Crippen molar-refractivity contribution in [3.05, 3.63) is 48.5 Å². The fourth-order valence-corrected chi connectivity index (χ4v) is 3.57. The van der Waals surface area contributed by atoms with Crippen LogP contribution in [0.4, 0.5) is 11.4 Å². The van der Waals surface area contributed by atoms with Crippen LogP contribution >= 0.6 is 0 Å². The van der Waals surface area contributed by atoms with Crippen molar-refractivity contribution < 1.29 is 46.2 Å². The maximum atomic E-state index is 12.2. The van der Waals surface area contributed by atoms with E-state index in [2.05, 4.69) is 10.6 Å². The third-order valence-electron chi connectivity index (χ3n) is 4.30. The van der Waals surface area contributed by atoms with Gasteiger partial charge >= 0.3 is 11.9 Å². The SMILES string of the molecule is CCN(CC(=O)Nc1ccc(S(N)(=O)=O)cc1)CC(=O)Nc1ccc(S(N)(=O)=O)cc1.O=C(O)C(=O)O. The Morgan fingerprint density at radius 2 is 1.00 bits per heavy atom. The second-order valence-corrected chi connectivity index (χ2v) is 10.3. The van der Waals surface area contributed by atoms with Crippen LogP contribution in [0, 0.1) is 0 Å². The third-order valence-corrected chi connectivity index (χ3v) is 6.16. The largest absolute Gasteiger partial charge is 0.473 e. The molecule has 0 unspecified atom stereocenters. The number of nitrogens with one attached hydrogen (secondary N) is 2. The molecule has 37 heavy (non-hydrogen) atoms. The summed E-state index contributed by atoms with van der Waals surface area (Å²) in [6.45, 7) is 2.04. The maximum absolute atomic E-state index is 12.2. The fraction of sp³-hybridized carbons (Fsp3) is 0.200. The molecule has 0 heterocycles. The predicted molar refractivity (Wildman–Crippen MR) is 130 cm³/mol. The number of hydrogen-bond donors (Lipinski definition) is 6. The zero-order valence-corrected chi connectivity index (χ0v) is 21.0. The Morgan fingerprint density at radius 3 is 1.22 bits per heavy atom. The Kier molecular flexibility index (Phi) is 11.3. The van der Waals surface area contributed by atoms with Gasteiger partial charge in [-0.15, -0.1) is 0 Å². The van der Waals surface area contributed by atoms with Crippen LogP contribution in [0.5, 0.6) is 0 Å². The number of rotatable bonds is 9. The Hall–Kier alpha value is -3.90. The molecule has 0 aliphatic heterocycles. The van der Waals surface area contributed by atoms with Gasteiger partial charge in [0, 0.05) is 11.4 Å². The van der Waals surface area contributed by atoms with Crippen molar-refractivity contribution in [2.75, 3.05) is 30.3 Å². The molecule has 17 heteroatoms. The number of carbonyl (C=O) groups is 4. The molecule has 2 aromatic carbocycles. The van der Waals surface area contributed by atoms with Crippen LogP contribution in [0.25, 0.3) is 0 Å². The highest BCUT2D eigenvalue weighted by atomic mass is 32.2. The van der Waals surface area contributed by atoms with Crippen LogP contribution in [0.1, 0.15) is 6.92 Å². The molecular formula is C20H25N5O10S2. The molecule has 15 nitrogen and oxygen atoms in total. The van der Waals surface area contributed by atoms with E-state index in [1.54, 1.807) is 11.8 Å². The first-order valence-corrected chi connectivity index (χ1v) is 13.2. The molecule has 2 rings (SSSR count). The van der Waals surface area contributed by atoms with Crippen LogP contribution in [-0.4, -0.2) is 75.3 Å². The lowest BCUT2D eigenvalue weighted by Crippen LogP contribution is -2.38. The zero-order valence-electron chi connectivity index (χ0n) is 19.3. The van der Waals surface area contributed by atoms with Crippen LogP contribution in [0.3, 0.4) is 0 Å². The Morgan fingerprint density at radius 1 is 0.703 bits per heavy atom. The van der Waals surface area contributed by atoms with E-state index in [0.29, 0.717) is 17.9 Å². The Labute approximate surface area is 212 Å². The van der Waals surface area contributed by atoms with E-state index in [1.807, 2.05) is 0 Å². The summed E-state index contributed by atoms with van der Waals surface area (Å²) in [5.41, 5.74) is 0.765. The second-order valence-electron chi connectivity index (χ2n) is 7.15. The van der Waals surface area contributed by atoms with Crippen molar-refractivity contribution in [1.29, 1.82) is 0 Å². The fourth-order valence-electron chi connectivity index (χ4n) is 2.54. The predicted octanol–water partition coefficient (Wildman–Crippen LogP) is -0.964. The van der Waals surface area contributed by atoms with E-state index in [0.717, 1.165) is 0 Å². The summed E-state index contributed by atoms with van der Waals surface area (Å²) in [5.74, 6) is -4.43. The molecule has 0 aliphatic rings. The molecule has 0 radical (unpaired) electrons. The highest BCUT2D eigenvalue weighted by molar-refractivity contribution is 7.89. The van der Waals surface area contributed by atoms with Gasteiger partial charge in [0.1, 0.15) is 0 Å². The number of carbonyl (C=O) groups excluding carboxylic acids is 2. The zero-order chi connectivity index (χ0) is 28.4. The molecule has 0 aromatic heterocycles. The minimum absolute atomic E-state index is 0.0746. The van der Waals surface area contributed by atoms with E-state index in [4.69, 9.17) is 30.1 Å². The minimum Gasteiger partial charge on any atom is -0.473 e. The molecule has 2 amide bonds. The average Bonchev–Trinajstić information content (AvgIpc) is 2.78. The number of aliphatic carboxylic acids is 2. The lowest BCUT2D eigenvalue weighted by Gasteiger charge is -2.19. The highest BCUT2D eigenvalue weighted by Gasteiger charge is 2.15. The molecule has 0 spiro atoms. The number of amides is 2. The number of sulfonamides is 2. The van der Waals surface area contributed by atoms with Crippen molar-refractivity contribution in [1.82, 2.24) is 4.90 Å². The summed E-state index contributed by atoms with van der Waals surface area (Å²) in [4.78, 5) is 44.1. The van der Waals surface area contributed by atoms with Gasteiger partial charge in [-0.25, -0.2) is 36.7 Å². The van der Waals surface area contributed by atoms with Gasteiger partial charge in [0.05, 0.1) is 22.9 Å². The number of primary sulfonamides is 2. The van der Waals surface area contributed by atoms with Gasteiger partial charge in [-0.1, -0.05) is 6.92 Å². The molecule has 202 valence electrons. The van der Waals surface area contributed by atoms with Gasteiger partial charge in [0.25, 0.3) is 0 Å². The summed E-state index contributed by atoms with van der Waals surface area (Å²) < 4.78 is 45.0. The van der Waals surface area contributed by atoms with E-state index in [9.17, 15) is 26.4 Å². The highest BCUT2D eigenvalue weighted by Crippen LogP contribution is 2.14. The number of hydrogen-bond acceptors (Lipinski definition) is 9. The summed E-state index contributed by atoms with van der Waals surface area (Å²) in [6.07, 6.45) is 0. The number of carboxylic acid groups (broad SMARTS) is 2. The van der Waals surface area contributed by atoms with Crippen LogP contribution < -0.4 is 20.9 Å². The standard InChI is InChI=1S/C18H23N5O6S2.C2H2O4/c1-2-23(11-17(24)21-13-3-7-15(8-4-13)30(19,26)27)12-18(25)22-14-5-9-16(10-6-14)31(20,28)29;3-1(4)2(5)6/h3-10H,2,11-12H2,1H3,(H,21,24)(H,22,25)(H2,19,26,27)(H2,20,28,29);(H,3,4)(H,5,6). The van der Waals surface area contributed by atoms with Crippen molar-refractivity contribution >= 4 is 55.2 Å². The first kappa shape index (κ1) is 31.1. The van der Waals surface area contributed by atoms with Crippen LogP contribution in [0.2, 0.25) is 0 Å². The summed E-state index contributed by atoms with van der Waals surface area (Å²) >= 11 is 0. The van der Waals surface area contributed by atoms with Gasteiger partial charge in [0.2, 0.25) is 31.9 Å². The van der Waals surface area contributed by atoms with E-state index < -0.39 is 43.8 Å². The van der Waals surface area contributed by atoms with Gasteiger partial charge in [-0.3, -0.25) is 14.5 Å². The Balaban J connectivity index is 0.00000102. The van der Waals surface area contributed by atoms with Crippen LogP contribution in [0.15, 0.2) is 58.3 Å². The monoisotopic (exact) mass is 559 g/mol.